The molecule has 25 heavy (non-hydrogen) atoms. The summed E-state index contributed by atoms with van der Waals surface area (Å²) in [6, 6.07) is 8.23. The fourth-order valence-electron chi connectivity index (χ4n) is 3.64. The van der Waals surface area contributed by atoms with Gasteiger partial charge in [-0.05, 0) is 32.4 Å². The number of benzene rings is 1. The van der Waals surface area contributed by atoms with E-state index in [1.54, 1.807) is 0 Å². The van der Waals surface area contributed by atoms with Gasteiger partial charge in [0.25, 0.3) is 5.91 Å². The molecule has 0 bridgehead atoms. The van der Waals surface area contributed by atoms with Crippen LogP contribution in [0.25, 0.3) is 0 Å². The number of carbonyl (C=O) groups is 1. The van der Waals surface area contributed by atoms with Crippen molar-refractivity contribution in [2.45, 2.75) is 38.0 Å². The number of likely N-dealkylation sites (N-methyl/N-ethyl adjacent to an activating group) is 1. The van der Waals surface area contributed by atoms with Crippen LogP contribution < -0.4 is 10.1 Å². The van der Waals surface area contributed by atoms with Crippen LogP contribution in [0.4, 0.5) is 0 Å². The number of β-amino-alcohol motifs (C(OH)–C–C–N with tert-alkyl or cyclic N) is 1. The summed E-state index contributed by atoms with van der Waals surface area (Å²) in [5.41, 5.74) is 1.08. The van der Waals surface area contributed by atoms with Crippen LogP contribution in [0.15, 0.2) is 24.3 Å². The second-order valence-electron chi connectivity index (χ2n) is 7.18. The first kappa shape index (κ1) is 18.2. The van der Waals surface area contributed by atoms with Crippen molar-refractivity contribution in [3.05, 3.63) is 29.8 Å². The maximum absolute atomic E-state index is 12.2. The average molecular weight is 347 g/mol. The normalized spacial score (nSPS) is 23.4. The Labute approximate surface area is 149 Å². The first-order valence-electron chi connectivity index (χ1n) is 9.20. The third-order valence-corrected chi connectivity index (χ3v) is 4.95. The minimum absolute atomic E-state index is 0.0739. The zero-order valence-electron chi connectivity index (χ0n) is 15.0. The Morgan fingerprint density at radius 1 is 1.36 bits per heavy atom. The minimum Gasteiger partial charge on any atom is -0.483 e. The van der Waals surface area contributed by atoms with Crippen molar-refractivity contribution in [1.29, 1.82) is 0 Å². The highest BCUT2D eigenvalue weighted by Crippen LogP contribution is 2.20. The van der Waals surface area contributed by atoms with E-state index in [2.05, 4.69) is 17.3 Å². The molecule has 0 unspecified atom stereocenters. The van der Waals surface area contributed by atoms with Crippen LogP contribution in [-0.4, -0.2) is 72.8 Å². The second-order valence-corrected chi connectivity index (χ2v) is 7.18. The highest BCUT2D eigenvalue weighted by Gasteiger charge is 2.23. The molecular weight excluding hydrogens is 318 g/mol. The molecule has 2 fully saturated rings. The minimum atomic E-state index is -0.231. The largest absolute Gasteiger partial charge is 0.483 e. The van der Waals surface area contributed by atoms with Crippen molar-refractivity contribution < 1.29 is 14.6 Å². The number of amides is 1. The fourth-order valence-corrected chi connectivity index (χ4v) is 3.64. The highest BCUT2D eigenvalue weighted by atomic mass is 16.5. The number of para-hydroxylation sites is 1. The van der Waals surface area contributed by atoms with Crippen LogP contribution in [-0.2, 0) is 11.3 Å². The lowest BCUT2D eigenvalue weighted by atomic mass is 10.1. The summed E-state index contributed by atoms with van der Waals surface area (Å²) in [5, 5.41) is 13.0. The number of ether oxygens (including phenoxy) is 1. The van der Waals surface area contributed by atoms with E-state index in [0.29, 0.717) is 12.6 Å². The molecule has 0 aromatic heterocycles. The number of hydrogen-bond donors (Lipinski definition) is 2. The first-order chi connectivity index (χ1) is 12.1. The zero-order valence-corrected chi connectivity index (χ0v) is 15.0. The lowest BCUT2D eigenvalue weighted by Crippen LogP contribution is -2.35. The molecule has 2 atom stereocenters. The quantitative estimate of drug-likeness (QED) is 0.765. The molecule has 0 spiro atoms. The smallest absolute Gasteiger partial charge is 0.260 e. The molecule has 3 rings (SSSR count). The lowest BCUT2D eigenvalue weighted by Gasteiger charge is -2.22. The molecule has 2 heterocycles. The molecule has 2 aliphatic rings. The van der Waals surface area contributed by atoms with E-state index in [-0.39, 0.29) is 18.6 Å². The van der Waals surface area contributed by atoms with Crippen LogP contribution in [0, 0.1) is 0 Å². The van der Waals surface area contributed by atoms with Gasteiger partial charge in [-0.15, -0.1) is 0 Å². The van der Waals surface area contributed by atoms with Gasteiger partial charge < -0.3 is 25.0 Å². The predicted octanol–water partition coefficient (Wildman–Crippen LogP) is 0.842. The fraction of sp³-hybridized carbons (Fsp3) is 0.632. The van der Waals surface area contributed by atoms with Crippen molar-refractivity contribution >= 4 is 5.91 Å². The maximum Gasteiger partial charge on any atom is 0.260 e. The van der Waals surface area contributed by atoms with Crippen molar-refractivity contribution in [1.82, 2.24) is 15.1 Å². The van der Waals surface area contributed by atoms with Gasteiger partial charge in [0.1, 0.15) is 5.75 Å². The Kier molecular flexibility index (Phi) is 6.29. The van der Waals surface area contributed by atoms with E-state index >= 15 is 0 Å². The number of nitrogens with one attached hydrogen (secondary N) is 1. The molecule has 0 saturated carbocycles. The van der Waals surface area contributed by atoms with Gasteiger partial charge in [-0.3, -0.25) is 4.79 Å². The van der Waals surface area contributed by atoms with Gasteiger partial charge in [0.05, 0.1) is 6.10 Å². The van der Waals surface area contributed by atoms with Crippen LogP contribution in [0.1, 0.15) is 24.8 Å². The van der Waals surface area contributed by atoms with Crippen LogP contribution >= 0.6 is 0 Å². The Balaban J connectivity index is 1.52. The van der Waals surface area contributed by atoms with Crippen molar-refractivity contribution in [3.63, 3.8) is 0 Å². The third-order valence-electron chi connectivity index (χ3n) is 4.95. The van der Waals surface area contributed by atoms with Gasteiger partial charge in [-0.2, -0.15) is 0 Å². The van der Waals surface area contributed by atoms with Crippen LogP contribution in [0.2, 0.25) is 0 Å². The van der Waals surface area contributed by atoms with Crippen molar-refractivity contribution in [2.24, 2.45) is 0 Å². The Morgan fingerprint density at radius 3 is 2.84 bits per heavy atom. The average Bonchev–Trinajstić information content (AvgIpc) is 3.25. The Bertz CT molecular complexity index is 575. The predicted molar refractivity (Wildman–Crippen MR) is 96.5 cm³/mol. The molecule has 138 valence electrons. The van der Waals surface area contributed by atoms with E-state index in [9.17, 15) is 9.90 Å². The summed E-state index contributed by atoms with van der Waals surface area (Å²) in [7, 11) is 2.07. The highest BCUT2D eigenvalue weighted by molar-refractivity contribution is 5.78. The standard InChI is InChI=1S/C19H29N3O3/c1-21(13-16-10-17(23)11-20-16)12-15-6-2-3-7-18(15)25-14-19(24)22-8-4-5-9-22/h2-3,6-7,16-17,20,23H,4-5,8-14H2,1H3/t16-,17+/m0/s1. The molecule has 6 heteroatoms. The van der Waals surface area contributed by atoms with E-state index in [1.807, 2.05) is 29.2 Å². The van der Waals surface area contributed by atoms with Gasteiger partial charge >= 0.3 is 0 Å². The molecule has 1 amide bonds. The second kappa shape index (κ2) is 8.65. The number of hydrogen-bond acceptors (Lipinski definition) is 5. The Hall–Kier alpha value is -1.63. The number of nitrogens with zero attached hydrogens (tertiary/aromatic N) is 2. The number of aliphatic hydroxyl groups excluding tert-OH is 1. The number of likely N-dealkylation sites (tertiary alicyclic amines) is 1. The van der Waals surface area contributed by atoms with Gasteiger partial charge in [0.2, 0.25) is 0 Å². The van der Waals surface area contributed by atoms with E-state index in [1.165, 1.54) is 0 Å². The summed E-state index contributed by atoms with van der Waals surface area (Å²) >= 11 is 0. The summed E-state index contributed by atoms with van der Waals surface area (Å²) in [6.07, 6.45) is 2.76. The molecule has 2 saturated heterocycles. The molecule has 2 N–H and O–H groups in total. The van der Waals surface area contributed by atoms with Gasteiger partial charge in [-0.25, -0.2) is 0 Å². The lowest BCUT2D eigenvalue weighted by molar-refractivity contribution is -0.132. The molecule has 0 radical (unpaired) electrons. The third kappa shape index (κ3) is 5.17. The number of carbonyl (C=O) groups excluding carboxylic acids is 1. The monoisotopic (exact) mass is 347 g/mol. The summed E-state index contributed by atoms with van der Waals surface area (Å²) in [5.74, 6) is 0.853. The summed E-state index contributed by atoms with van der Waals surface area (Å²) in [6.45, 7) is 4.12. The number of rotatable bonds is 7. The zero-order chi connectivity index (χ0) is 17.6. The van der Waals surface area contributed by atoms with Crippen molar-refractivity contribution in [3.8, 4) is 5.75 Å². The summed E-state index contributed by atoms with van der Waals surface area (Å²) in [4.78, 5) is 16.3. The summed E-state index contributed by atoms with van der Waals surface area (Å²) < 4.78 is 5.83. The molecule has 1 aromatic carbocycles. The van der Waals surface area contributed by atoms with E-state index < -0.39 is 0 Å². The SMILES string of the molecule is CN(Cc1ccccc1OCC(=O)N1CCCC1)C[C@@H]1C[C@@H](O)CN1. The number of aliphatic hydroxyl groups is 1. The van der Waals surface area contributed by atoms with Crippen molar-refractivity contribution in [2.75, 3.05) is 39.8 Å². The van der Waals surface area contributed by atoms with Crippen LogP contribution in [0.5, 0.6) is 5.75 Å². The molecular formula is C19H29N3O3. The molecule has 1 aromatic rings. The van der Waals surface area contributed by atoms with Gasteiger partial charge in [0.15, 0.2) is 6.61 Å². The van der Waals surface area contributed by atoms with Gasteiger partial charge in [-0.1, -0.05) is 18.2 Å². The van der Waals surface area contributed by atoms with E-state index in [4.69, 9.17) is 4.74 Å². The molecule has 2 aliphatic heterocycles. The topological polar surface area (TPSA) is 65.0 Å². The van der Waals surface area contributed by atoms with Crippen LogP contribution in [0.3, 0.4) is 0 Å². The van der Waals surface area contributed by atoms with E-state index in [0.717, 1.165) is 56.8 Å². The van der Waals surface area contributed by atoms with Gasteiger partial charge in [0, 0.05) is 44.3 Å². The molecule has 6 nitrogen and oxygen atoms in total. The first-order valence-corrected chi connectivity index (χ1v) is 9.20. The Morgan fingerprint density at radius 2 is 2.12 bits per heavy atom. The maximum atomic E-state index is 12.2. The molecule has 0 aliphatic carbocycles.